The quantitative estimate of drug-likeness (QED) is 0.723. The highest BCUT2D eigenvalue weighted by atomic mass is 32.2. The summed E-state index contributed by atoms with van der Waals surface area (Å²) >= 11 is 3.39. The smallest absolute Gasteiger partial charge is 0.142 e. The number of thioether (sulfide) groups is 1. The summed E-state index contributed by atoms with van der Waals surface area (Å²) < 4.78 is 0. The van der Waals surface area contributed by atoms with Crippen molar-refractivity contribution in [1.82, 2.24) is 9.97 Å². The summed E-state index contributed by atoms with van der Waals surface area (Å²) in [6.07, 6.45) is 2.06. The van der Waals surface area contributed by atoms with Gasteiger partial charge >= 0.3 is 0 Å². The highest BCUT2D eigenvalue weighted by Gasteiger charge is 2.14. The van der Waals surface area contributed by atoms with Crippen LogP contribution in [0.1, 0.15) is 5.82 Å². The first kappa shape index (κ1) is 15.3. The van der Waals surface area contributed by atoms with Crippen LogP contribution in [0.4, 0.5) is 5.82 Å². The molecule has 6 heteroatoms. The summed E-state index contributed by atoms with van der Waals surface area (Å²) in [5, 5.41) is 6.60. The van der Waals surface area contributed by atoms with Crippen LogP contribution in [0.2, 0.25) is 0 Å². The Labute approximate surface area is 138 Å². The van der Waals surface area contributed by atoms with Gasteiger partial charge in [-0.15, -0.1) is 11.3 Å². The number of aromatic nitrogens is 2. The van der Waals surface area contributed by atoms with E-state index in [1.54, 1.807) is 23.1 Å². The number of rotatable bonds is 6. The van der Waals surface area contributed by atoms with Crippen LogP contribution in [0, 0.1) is 0 Å². The van der Waals surface area contributed by atoms with E-state index in [2.05, 4.69) is 41.2 Å². The fourth-order valence-corrected chi connectivity index (χ4v) is 3.68. The van der Waals surface area contributed by atoms with Crippen molar-refractivity contribution in [2.75, 3.05) is 24.7 Å². The van der Waals surface area contributed by atoms with E-state index in [1.165, 1.54) is 11.1 Å². The minimum absolute atomic E-state index is 0.578. The van der Waals surface area contributed by atoms with Gasteiger partial charge in [0, 0.05) is 24.0 Å². The molecular formula is C16H18N4S2. The molecule has 3 aromatic rings. The predicted octanol–water partition coefficient (Wildman–Crippen LogP) is 3.59. The van der Waals surface area contributed by atoms with Crippen molar-refractivity contribution >= 4 is 39.1 Å². The molecule has 4 nitrogen and oxygen atoms in total. The van der Waals surface area contributed by atoms with Gasteiger partial charge in [-0.2, -0.15) is 11.8 Å². The largest absolute Gasteiger partial charge is 0.368 e. The molecule has 114 valence electrons. The van der Waals surface area contributed by atoms with Gasteiger partial charge < -0.3 is 11.1 Å². The maximum Gasteiger partial charge on any atom is 0.142 e. The second kappa shape index (κ2) is 7.09. The van der Waals surface area contributed by atoms with Crippen molar-refractivity contribution in [3.8, 4) is 11.1 Å². The molecule has 2 heterocycles. The molecule has 0 bridgehead atoms. The third kappa shape index (κ3) is 3.09. The number of fused-ring (bicyclic) bond motifs is 1. The number of thiophene rings is 1. The third-order valence-electron chi connectivity index (χ3n) is 3.27. The van der Waals surface area contributed by atoms with Gasteiger partial charge in [0.25, 0.3) is 0 Å². The fourth-order valence-electron chi connectivity index (χ4n) is 2.33. The Morgan fingerprint density at radius 1 is 1.23 bits per heavy atom. The molecule has 0 fully saturated rings. The van der Waals surface area contributed by atoms with Crippen molar-refractivity contribution in [3.63, 3.8) is 0 Å². The van der Waals surface area contributed by atoms with Crippen molar-refractivity contribution in [3.05, 3.63) is 41.5 Å². The number of hydrogen-bond donors (Lipinski definition) is 2. The first-order valence-electron chi connectivity index (χ1n) is 7.10. The minimum Gasteiger partial charge on any atom is -0.368 e. The molecule has 0 radical (unpaired) electrons. The maximum atomic E-state index is 5.63. The van der Waals surface area contributed by atoms with E-state index in [0.29, 0.717) is 13.1 Å². The van der Waals surface area contributed by atoms with E-state index < -0.39 is 0 Å². The predicted molar refractivity (Wildman–Crippen MR) is 97.6 cm³/mol. The van der Waals surface area contributed by atoms with Crippen molar-refractivity contribution in [1.29, 1.82) is 0 Å². The van der Waals surface area contributed by atoms with Crippen LogP contribution in [-0.2, 0) is 5.75 Å². The topological polar surface area (TPSA) is 63.8 Å². The average molecular weight is 330 g/mol. The van der Waals surface area contributed by atoms with Gasteiger partial charge in [0.1, 0.15) is 16.5 Å². The van der Waals surface area contributed by atoms with E-state index in [-0.39, 0.29) is 0 Å². The number of nitrogens with zero attached hydrogens (tertiary/aromatic N) is 2. The van der Waals surface area contributed by atoms with Crippen LogP contribution in [0.3, 0.4) is 0 Å². The SMILES string of the molecule is CSCc1nc(NCCN)c2c(-c3ccccc3)csc2n1. The van der Waals surface area contributed by atoms with E-state index in [0.717, 1.165) is 27.6 Å². The Morgan fingerprint density at radius 2 is 2.05 bits per heavy atom. The van der Waals surface area contributed by atoms with Crippen LogP contribution >= 0.6 is 23.1 Å². The number of benzene rings is 1. The van der Waals surface area contributed by atoms with Gasteiger partial charge in [-0.1, -0.05) is 30.3 Å². The zero-order chi connectivity index (χ0) is 15.4. The number of nitrogens with two attached hydrogens (primary N) is 1. The molecule has 2 aromatic heterocycles. The molecule has 0 saturated heterocycles. The van der Waals surface area contributed by atoms with Gasteiger partial charge in [-0.3, -0.25) is 0 Å². The molecule has 3 N–H and O–H groups in total. The van der Waals surface area contributed by atoms with Gasteiger partial charge in [0.05, 0.1) is 11.1 Å². The monoisotopic (exact) mass is 330 g/mol. The zero-order valence-electron chi connectivity index (χ0n) is 12.4. The van der Waals surface area contributed by atoms with Gasteiger partial charge in [-0.25, -0.2) is 9.97 Å². The van der Waals surface area contributed by atoms with Crippen LogP contribution in [-0.4, -0.2) is 29.3 Å². The Balaban J connectivity index is 2.15. The van der Waals surface area contributed by atoms with Crippen molar-refractivity contribution in [2.24, 2.45) is 5.73 Å². The Hall–Kier alpha value is -1.63. The lowest BCUT2D eigenvalue weighted by Crippen LogP contribution is -2.14. The highest BCUT2D eigenvalue weighted by Crippen LogP contribution is 2.37. The lowest BCUT2D eigenvalue weighted by molar-refractivity contribution is 0.996. The van der Waals surface area contributed by atoms with Crippen LogP contribution < -0.4 is 11.1 Å². The minimum atomic E-state index is 0.578. The van der Waals surface area contributed by atoms with Gasteiger partial charge in [0.2, 0.25) is 0 Å². The second-order valence-corrected chi connectivity index (χ2v) is 6.56. The molecule has 0 atom stereocenters. The molecule has 0 saturated carbocycles. The normalized spacial score (nSPS) is 11.0. The van der Waals surface area contributed by atoms with E-state index >= 15 is 0 Å². The number of anilines is 1. The first-order valence-corrected chi connectivity index (χ1v) is 9.37. The molecule has 0 unspecified atom stereocenters. The fraction of sp³-hybridized carbons (Fsp3) is 0.250. The molecule has 22 heavy (non-hydrogen) atoms. The lowest BCUT2D eigenvalue weighted by Gasteiger charge is -2.09. The Kier molecular flexibility index (Phi) is 4.92. The standard InChI is InChI=1S/C16H18N4S2/c1-21-10-13-19-15(18-8-7-17)14-12(9-22-16(14)20-13)11-5-3-2-4-6-11/h2-6,9H,7-8,10,17H2,1H3,(H,18,19,20). The first-order chi connectivity index (χ1) is 10.8. The second-order valence-electron chi connectivity index (χ2n) is 4.83. The summed E-state index contributed by atoms with van der Waals surface area (Å²) in [6, 6.07) is 10.4. The summed E-state index contributed by atoms with van der Waals surface area (Å²) in [4.78, 5) is 10.4. The molecule has 1 aromatic carbocycles. The molecular weight excluding hydrogens is 312 g/mol. The molecule has 0 aliphatic carbocycles. The van der Waals surface area contributed by atoms with Gasteiger partial charge in [-0.05, 0) is 11.8 Å². The Morgan fingerprint density at radius 3 is 2.77 bits per heavy atom. The molecule has 0 spiro atoms. The van der Waals surface area contributed by atoms with Crippen LogP contribution in [0.5, 0.6) is 0 Å². The molecule has 3 rings (SSSR count). The maximum absolute atomic E-state index is 5.63. The summed E-state index contributed by atoms with van der Waals surface area (Å²) in [5.74, 6) is 2.56. The third-order valence-corrected chi connectivity index (χ3v) is 4.69. The Bertz CT molecular complexity index is 755. The molecule has 0 aliphatic heterocycles. The average Bonchev–Trinajstić information content (AvgIpc) is 2.98. The summed E-state index contributed by atoms with van der Waals surface area (Å²) in [6.45, 7) is 1.28. The highest BCUT2D eigenvalue weighted by molar-refractivity contribution is 7.97. The molecule has 0 aliphatic rings. The van der Waals surface area contributed by atoms with E-state index in [4.69, 9.17) is 15.7 Å². The summed E-state index contributed by atoms with van der Waals surface area (Å²) in [5.41, 5.74) is 8.00. The van der Waals surface area contributed by atoms with E-state index in [9.17, 15) is 0 Å². The zero-order valence-corrected chi connectivity index (χ0v) is 14.0. The van der Waals surface area contributed by atoms with E-state index in [1.807, 2.05) is 6.07 Å². The number of hydrogen-bond acceptors (Lipinski definition) is 6. The van der Waals surface area contributed by atoms with Crippen LogP contribution in [0.25, 0.3) is 21.3 Å². The van der Waals surface area contributed by atoms with Gasteiger partial charge in [0.15, 0.2) is 0 Å². The van der Waals surface area contributed by atoms with Crippen LogP contribution in [0.15, 0.2) is 35.7 Å². The van der Waals surface area contributed by atoms with Crippen molar-refractivity contribution < 1.29 is 0 Å². The lowest BCUT2D eigenvalue weighted by atomic mass is 10.1. The number of nitrogens with one attached hydrogen (secondary N) is 1. The molecule has 0 amide bonds. The summed E-state index contributed by atoms with van der Waals surface area (Å²) in [7, 11) is 0. The van der Waals surface area contributed by atoms with Crippen molar-refractivity contribution in [2.45, 2.75) is 5.75 Å².